The number of morpholine rings is 1. The Balaban J connectivity index is 2.35. The lowest BCUT2D eigenvalue weighted by Gasteiger charge is -2.35. The monoisotopic (exact) mass is 285 g/mol. The molecule has 19 heavy (non-hydrogen) atoms. The third kappa shape index (κ3) is 3.35. The Hall–Kier alpha value is -0.910. The van der Waals surface area contributed by atoms with E-state index >= 15 is 0 Å². The van der Waals surface area contributed by atoms with E-state index in [4.69, 9.17) is 16.3 Å². The average molecular weight is 286 g/mol. The summed E-state index contributed by atoms with van der Waals surface area (Å²) in [5, 5.41) is 9.85. The maximum Gasteiger partial charge on any atom is 0.137 e. The van der Waals surface area contributed by atoms with Gasteiger partial charge in [-0.1, -0.05) is 32.4 Å². The fourth-order valence-corrected chi connectivity index (χ4v) is 2.17. The van der Waals surface area contributed by atoms with Gasteiger partial charge in [0.25, 0.3) is 0 Å². The van der Waals surface area contributed by atoms with Gasteiger partial charge < -0.3 is 14.7 Å². The van der Waals surface area contributed by atoms with Crippen LogP contribution in [0.1, 0.15) is 26.6 Å². The zero-order valence-corrected chi connectivity index (χ0v) is 12.3. The molecule has 6 heteroatoms. The minimum absolute atomic E-state index is 0.0342. The Labute approximate surface area is 118 Å². The molecule has 0 amide bonds. The van der Waals surface area contributed by atoms with Gasteiger partial charge in [-0.2, -0.15) is 0 Å². The number of anilines is 1. The second-order valence-corrected chi connectivity index (χ2v) is 6.11. The molecule has 1 fully saturated rings. The summed E-state index contributed by atoms with van der Waals surface area (Å²) in [6, 6.07) is 1.66. The molecule has 2 heterocycles. The highest BCUT2D eigenvalue weighted by atomic mass is 35.5. The standard InChI is InChI=1S/C13H20ClN3O2/c1-13(2,3)12-15-10(14)6-11(16-12)17-4-5-19-8-9(17)7-18/h6,9,18H,4-5,7-8H2,1-3H3. The van der Waals surface area contributed by atoms with Gasteiger partial charge in [0.15, 0.2) is 0 Å². The van der Waals surface area contributed by atoms with Gasteiger partial charge in [-0.05, 0) is 0 Å². The number of hydrogen-bond donors (Lipinski definition) is 1. The van der Waals surface area contributed by atoms with Crippen molar-refractivity contribution in [2.45, 2.75) is 32.2 Å². The van der Waals surface area contributed by atoms with E-state index in [1.807, 2.05) is 25.7 Å². The highest BCUT2D eigenvalue weighted by Gasteiger charge is 2.26. The molecule has 1 atom stereocenters. The van der Waals surface area contributed by atoms with Crippen LogP contribution in [0.5, 0.6) is 0 Å². The van der Waals surface area contributed by atoms with E-state index in [0.717, 1.165) is 5.82 Å². The molecule has 1 saturated heterocycles. The third-order valence-corrected chi connectivity index (χ3v) is 3.28. The summed E-state index contributed by atoms with van der Waals surface area (Å²) >= 11 is 6.09. The van der Waals surface area contributed by atoms with Crippen LogP contribution in [-0.4, -0.2) is 47.5 Å². The normalized spacial score (nSPS) is 20.7. The minimum Gasteiger partial charge on any atom is -0.394 e. The molecule has 106 valence electrons. The second-order valence-electron chi connectivity index (χ2n) is 5.73. The Morgan fingerprint density at radius 2 is 2.21 bits per heavy atom. The van der Waals surface area contributed by atoms with Gasteiger partial charge in [-0.15, -0.1) is 0 Å². The van der Waals surface area contributed by atoms with Crippen LogP contribution in [0.25, 0.3) is 0 Å². The number of rotatable bonds is 2. The van der Waals surface area contributed by atoms with Gasteiger partial charge in [0.1, 0.15) is 16.8 Å². The first-order valence-electron chi connectivity index (χ1n) is 6.42. The summed E-state index contributed by atoms with van der Waals surface area (Å²) in [7, 11) is 0. The molecule has 1 aliphatic heterocycles. The molecule has 1 aromatic heterocycles. The Kier molecular flexibility index (Phi) is 4.28. The van der Waals surface area contributed by atoms with Gasteiger partial charge in [0.2, 0.25) is 0 Å². The first kappa shape index (κ1) is 14.5. The molecule has 0 saturated carbocycles. The highest BCUT2D eigenvalue weighted by Crippen LogP contribution is 2.25. The van der Waals surface area contributed by atoms with Gasteiger partial charge >= 0.3 is 0 Å². The SMILES string of the molecule is CC(C)(C)c1nc(Cl)cc(N2CCOCC2CO)n1. The van der Waals surface area contributed by atoms with Crippen LogP contribution in [0.3, 0.4) is 0 Å². The highest BCUT2D eigenvalue weighted by molar-refractivity contribution is 6.29. The summed E-state index contributed by atoms with van der Waals surface area (Å²) in [6.07, 6.45) is 0. The molecule has 5 nitrogen and oxygen atoms in total. The molecule has 0 radical (unpaired) electrons. The van der Waals surface area contributed by atoms with Gasteiger partial charge in [-0.25, -0.2) is 9.97 Å². The van der Waals surface area contributed by atoms with Crippen LogP contribution in [0.15, 0.2) is 6.07 Å². The lowest BCUT2D eigenvalue weighted by Crippen LogP contribution is -2.48. The van der Waals surface area contributed by atoms with Gasteiger partial charge in [0.05, 0.1) is 25.9 Å². The van der Waals surface area contributed by atoms with Crippen molar-refractivity contribution in [2.75, 3.05) is 31.3 Å². The van der Waals surface area contributed by atoms with E-state index < -0.39 is 0 Å². The first-order chi connectivity index (χ1) is 8.91. The smallest absolute Gasteiger partial charge is 0.137 e. The summed E-state index contributed by atoms with van der Waals surface area (Å²) in [4.78, 5) is 10.9. The van der Waals surface area contributed by atoms with Crippen LogP contribution in [0.4, 0.5) is 5.82 Å². The van der Waals surface area contributed by atoms with Crippen molar-refractivity contribution >= 4 is 17.4 Å². The van der Waals surface area contributed by atoms with Gasteiger partial charge in [-0.3, -0.25) is 0 Å². The topological polar surface area (TPSA) is 58.5 Å². The van der Waals surface area contributed by atoms with Crippen LogP contribution in [0.2, 0.25) is 5.15 Å². The summed E-state index contributed by atoms with van der Waals surface area (Å²) in [5.74, 6) is 1.46. The van der Waals surface area contributed by atoms with E-state index in [2.05, 4.69) is 9.97 Å². The van der Waals surface area contributed by atoms with E-state index in [-0.39, 0.29) is 18.1 Å². The Bertz CT molecular complexity index is 448. The van der Waals surface area contributed by atoms with Crippen molar-refractivity contribution < 1.29 is 9.84 Å². The van der Waals surface area contributed by atoms with Crippen molar-refractivity contribution in [3.8, 4) is 0 Å². The van der Waals surface area contributed by atoms with Crippen LogP contribution in [-0.2, 0) is 10.2 Å². The lowest BCUT2D eigenvalue weighted by molar-refractivity contribution is 0.0722. The number of ether oxygens (including phenoxy) is 1. The predicted octanol–water partition coefficient (Wildman–Crippen LogP) is 1.62. The van der Waals surface area contributed by atoms with E-state index in [1.165, 1.54) is 0 Å². The molecule has 0 spiro atoms. The van der Waals surface area contributed by atoms with Crippen LogP contribution < -0.4 is 4.90 Å². The third-order valence-electron chi connectivity index (χ3n) is 3.08. The fourth-order valence-electron chi connectivity index (χ4n) is 2.00. The molecule has 2 rings (SSSR count). The van der Waals surface area contributed by atoms with Crippen molar-refractivity contribution in [1.82, 2.24) is 9.97 Å². The first-order valence-corrected chi connectivity index (χ1v) is 6.80. The maximum atomic E-state index is 9.42. The number of nitrogens with zero attached hydrogens (tertiary/aromatic N) is 3. The molecule has 1 aliphatic rings. The molecular formula is C13H20ClN3O2. The molecular weight excluding hydrogens is 266 g/mol. The van der Waals surface area contributed by atoms with Crippen molar-refractivity contribution in [2.24, 2.45) is 0 Å². The molecule has 1 N–H and O–H groups in total. The summed E-state index contributed by atoms with van der Waals surface area (Å²) in [6.45, 7) is 8.00. The number of aliphatic hydroxyl groups is 1. The Morgan fingerprint density at radius 1 is 1.47 bits per heavy atom. The predicted molar refractivity (Wildman–Crippen MR) is 74.8 cm³/mol. The molecule has 0 aliphatic carbocycles. The molecule has 1 unspecified atom stereocenters. The van der Waals surface area contributed by atoms with Crippen molar-refractivity contribution in [1.29, 1.82) is 0 Å². The quantitative estimate of drug-likeness (QED) is 0.837. The lowest BCUT2D eigenvalue weighted by atomic mass is 9.96. The Morgan fingerprint density at radius 3 is 2.84 bits per heavy atom. The van der Waals surface area contributed by atoms with Crippen LogP contribution in [0, 0.1) is 0 Å². The molecule has 0 aromatic carbocycles. The zero-order valence-electron chi connectivity index (χ0n) is 11.6. The largest absolute Gasteiger partial charge is 0.394 e. The maximum absolute atomic E-state index is 9.42. The average Bonchev–Trinajstić information content (AvgIpc) is 2.37. The van der Waals surface area contributed by atoms with E-state index in [0.29, 0.717) is 30.7 Å². The number of hydrogen-bond acceptors (Lipinski definition) is 5. The van der Waals surface area contributed by atoms with Crippen molar-refractivity contribution in [3.05, 3.63) is 17.0 Å². The number of aliphatic hydroxyl groups excluding tert-OH is 1. The van der Waals surface area contributed by atoms with Crippen molar-refractivity contribution in [3.63, 3.8) is 0 Å². The minimum atomic E-state index is -0.166. The van der Waals surface area contributed by atoms with E-state index in [9.17, 15) is 5.11 Å². The summed E-state index contributed by atoms with van der Waals surface area (Å²) in [5.41, 5.74) is -0.166. The summed E-state index contributed by atoms with van der Waals surface area (Å²) < 4.78 is 5.37. The number of aromatic nitrogens is 2. The molecule has 0 bridgehead atoms. The zero-order chi connectivity index (χ0) is 14.0. The van der Waals surface area contributed by atoms with E-state index in [1.54, 1.807) is 6.07 Å². The van der Waals surface area contributed by atoms with Gasteiger partial charge in [0, 0.05) is 18.0 Å². The second kappa shape index (κ2) is 5.61. The number of halogens is 1. The fraction of sp³-hybridized carbons (Fsp3) is 0.692. The van der Waals surface area contributed by atoms with Crippen LogP contribution >= 0.6 is 11.6 Å². The molecule has 1 aromatic rings.